The zero-order valence-electron chi connectivity index (χ0n) is 46.6. The van der Waals surface area contributed by atoms with Gasteiger partial charge in [-0.15, -0.1) is 0 Å². The number of carbonyl (C=O) groups excluding carboxylic acids is 8. The lowest BCUT2D eigenvalue weighted by Crippen LogP contribution is -2.52. The molecule has 4 unspecified atom stereocenters. The van der Waals surface area contributed by atoms with Gasteiger partial charge in [0.05, 0.1) is 6.04 Å². The van der Waals surface area contributed by atoms with E-state index in [1.807, 2.05) is 42.5 Å². The summed E-state index contributed by atoms with van der Waals surface area (Å²) in [4.78, 5) is 106. The monoisotopic (exact) mass is 1080 g/mol. The molecule has 19 nitrogen and oxygen atoms in total. The van der Waals surface area contributed by atoms with Crippen molar-refractivity contribution in [3.63, 3.8) is 0 Å². The molecule has 2 aromatic carbocycles. The van der Waals surface area contributed by atoms with Gasteiger partial charge in [-0.2, -0.15) is 0 Å². The number of nitrogens with two attached hydrogens (primary N) is 1. The number of carbonyl (C=O) groups is 8. The van der Waals surface area contributed by atoms with Gasteiger partial charge in [-0.3, -0.25) is 19.2 Å². The van der Waals surface area contributed by atoms with Crippen molar-refractivity contribution in [3.8, 4) is 0 Å². The molecule has 8 N–H and O–H groups in total. The van der Waals surface area contributed by atoms with E-state index in [9.17, 15) is 38.4 Å². The Kier molecular flexibility index (Phi) is 26.7. The van der Waals surface area contributed by atoms with Gasteiger partial charge in [0.25, 0.3) is 0 Å². The zero-order chi connectivity index (χ0) is 56.4. The first-order chi connectivity index (χ1) is 36.6. The number of benzene rings is 2. The largest absolute Gasteiger partial charge is 0.461 e. The molecule has 77 heavy (non-hydrogen) atoms. The summed E-state index contributed by atoms with van der Waals surface area (Å²) in [6.07, 6.45) is 11.4. The first-order valence-corrected chi connectivity index (χ1v) is 27.9. The lowest BCUT2D eigenvalue weighted by Gasteiger charge is -2.29. The number of alkyl carbamates (subject to hydrolysis) is 1. The Morgan fingerprint density at radius 1 is 0.662 bits per heavy atom. The molecule has 428 valence electrons. The van der Waals surface area contributed by atoms with Crippen LogP contribution in [0.5, 0.6) is 0 Å². The number of ether oxygens (including phenoxy) is 4. The normalized spacial score (nSPS) is 17.6. The van der Waals surface area contributed by atoms with Gasteiger partial charge in [-0.05, 0) is 160 Å². The summed E-state index contributed by atoms with van der Waals surface area (Å²) in [5.41, 5.74) is 5.40. The molecule has 0 bridgehead atoms. The van der Waals surface area contributed by atoms with Crippen LogP contribution in [-0.4, -0.2) is 115 Å². The predicted octanol–water partition coefficient (Wildman–Crippen LogP) is 7.25. The average molecular weight is 1080 g/mol. The van der Waals surface area contributed by atoms with Crippen molar-refractivity contribution in [2.45, 2.75) is 205 Å². The third-order valence-corrected chi connectivity index (χ3v) is 13.5. The van der Waals surface area contributed by atoms with E-state index in [1.165, 1.54) is 6.08 Å². The van der Waals surface area contributed by atoms with Crippen LogP contribution in [0, 0.1) is 11.8 Å². The summed E-state index contributed by atoms with van der Waals surface area (Å²) < 4.78 is 21.8. The molecule has 0 aromatic heterocycles. The van der Waals surface area contributed by atoms with Crippen LogP contribution in [0.2, 0.25) is 0 Å². The molecular formula is C58H89N7O12. The highest BCUT2D eigenvalue weighted by atomic mass is 16.6. The number of esters is 3. The van der Waals surface area contributed by atoms with E-state index in [0.29, 0.717) is 70.9 Å². The standard InChI is InChI=1S/C58H89N7O12/c1-8-35-74-56(73)61-34-17-15-23-45(59)51(68)62-38-39-25-29-42(30-26-39)50(67)63-48(37-40-27-28-41-19-13-14-20-43(41)36-40)52(69)60-33-18-16-24-46(53(70)75-44-21-11-9-10-12-22-44)64-55(72)65-47(54(71)77-58(5,6)7)31-32-49(66)76-57(2,3)4/h8,13-14,19-20,27-28,36,39,42,44-48H,1,9-12,15-18,21-26,29-35,37-38,59H2,2-7H3,(H,60,69)(H,61,73)(H,62,68)(H,63,67)(H2,64,65,72). The molecule has 4 rings (SSSR count). The number of hydrogen-bond donors (Lipinski definition) is 7. The quantitative estimate of drug-likeness (QED) is 0.0146. The number of urea groups is 1. The Hall–Kier alpha value is -6.24. The molecule has 0 saturated heterocycles. The van der Waals surface area contributed by atoms with Crippen molar-refractivity contribution in [1.82, 2.24) is 31.9 Å². The molecule has 2 fully saturated rings. The maximum Gasteiger partial charge on any atom is 0.407 e. The van der Waals surface area contributed by atoms with E-state index in [2.05, 4.69) is 38.5 Å². The van der Waals surface area contributed by atoms with Gasteiger partial charge < -0.3 is 56.6 Å². The van der Waals surface area contributed by atoms with Crippen molar-refractivity contribution >= 4 is 58.5 Å². The minimum absolute atomic E-state index is 0.101. The minimum atomic E-state index is -1.22. The Balaban J connectivity index is 1.34. The number of rotatable bonds is 28. The third-order valence-electron chi connectivity index (χ3n) is 13.5. The molecule has 2 saturated carbocycles. The highest BCUT2D eigenvalue weighted by molar-refractivity contribution is 5.90. The van der Waals surface area contributed by atoms with E-state index in [4.69, 9.17) is 24.7 Å². The molecule has 19 heteroatoms. The molecule has 2 aliphatic rings. The van der Waals surface area contributed by atoms with E-state index in [-0.39, 0.29) is 74.5 Å². The summed E-state index contributed by atoms with van der Waals surface area (Å²) in [6, 6.07) is 9.19. The zero-order valence-corrected chi connectivity index (χ0v) is 46.6. The Morgan fingerprint density at radius 3 is 1.94 bits per heavy atom. The second-order valence-corrected chi connectivity index (χ2v) is 22.5. The molecule has 0 spiro atoms. The summed E-state index contributed by atoms with van der Waals surface area (Å²) in [6.45, 7) is 15.0. The summed E-state index contributed by atoms with van der Waals surface area (Å²) in [7, 11) is 0. The second-order valence-electron chi connectivity index (χ2n) is 22.5. The van der Waals surface area contributed by atoms with Crippen LogP contribution in [0.1, 0.15) is 163 Å². The van der Waals surface area contributed by atoms with E-state index >= 15 is 0 Å². The Bertz CT molecular complexity index is 2240. The molecule has 4 atom stereocenters. The number of unbranched alkanes of at least 4 members (excludes halogenated alkanes) is 2. The molecular weight excluding hydrogens is 987 g/mol. The summed E-state index contributed by atoms with van der Waals surface area (Å²) in [5.74, 6) is -2.84. The smallest absolute Gasteiger partial charge is 0.407 e. The van der Waals surface area contributed by atoms with Crippen molar-refractivity contribution < 1.29 is 57.3 Å². The fourth-order valence-electron chi connectivity index (χ4n) is 9.40. The number of fused-ring (bicyclic) bond motifs is 1. The van der Waals surface area contributed by atoms with Gasteiger partial charge in [0, 0.05) is 38.4 Å². The van der Waals surface area contributed by atoms with Crippen LogP contribution >= 0.6 is 0 Å². The first kappa shape index (κ1) is 63.3. The Morgan fingerprint density at radius 2 is 1.29 bits per heavy atom. The molecule has 0 radical (unpaired) electrons. The lowest BCUT2D eigenvalue weighted by molar-refractivity contribution is -0.158. The average Bonchev–Trinajstić information content (AvgIpc) is 3.65. The molecule has 0 heterocycles. The maximum atomic E-state index is 14.0. The number of amides is 6. The third kappa shape index (κ3) is 25.2. The summed E-state index contributed by atoms with van der Waals surface area (Å²) >= 11 is 0. The van der Waals surface area contributed by atoms with Crippen LogP contribution < -0.4 is 37.6 Å². The van der Waals surface area contributed by atoms with Gasteiger partial charge >= 0.3 is 30.0 Å². The Labute approximate surface area is 455 Å². The SMILES string of the molecule is C=CCOC(=O)NCCCCC(N)C(=O)NCC1CCC(C(=O)NC(Cc2ccc3ccccc3c2)C(=O)NCCCCC(NC(=O)NC(CCC(=O)OC(C)(C)C)C(=O)OC(C)(C)C)C(=O)OC2CCCCCC2)CC1. The van der Waals surface area contributed by atoms with E-state index in [1.54, 1.807) is 41.5 Å². The van der Waals surface area contributed by atoms with Crippen LogP contribution in [0.4, 0.5) is 9.59 Å². The topological polar surface area (TPSA) is 272 Å². The highest BCUT2D eigenvalue weighted by Crippen LogP contribution is 2.29. The number of nitrogens with one attached hydrogen (secondary N) is 6. The van der Waals surface area contributed by atoms with Gasteiger partial charge in [0.1, 0.15) is 42.0 Å². The highest BCUT2D eigenvalue weighted by Gasteiger charge is 2.33. The van der Waals surface area contributed by atoms with Crippen molar-refractivity contribution in [3.05, 3.63) is 60.7 Å². The van der Waals surface area contributed by atoms with Crippen molar-refractivity contribution in [1.29, 1.82) is 0 Å². The second kappa shape index (κ2) is 32.5. The van der Waals surface area contributed by atoms with E-state index in [0.717, 1.165) is 54.9 Å². The van der Waals surface area contributed by atoms with Crippen LogP contribution in [-0.2, 0) is 54.1 Å². The van der Waals surface area contributed by atoms with Gasteiger partial charge in [0.2, 0.25) is 17.7 Å². The molecule has 2 aliphatic carbocycles. The van der Waals surface area contributed by atoms with Crippen LogP contribution in [0.25, 0.3) is 10.8 Å². The summed E-state index contributed by atoms with van der Waals surface area (Å²) in [5, 5.41) is 19.1. The van der Waals surface area contributed by atoms with Crippen molar-refractivity contribution in [2.24, 2.45) is 17.6 Å². The molecule has 2 aromatic rings. The minimum Gasteiger partial charge on any atom is -0.461 e. The lowest BCUT2D eigenvalue weighted by atomic mass is 9.81. The van der Waals surface area contributed by atoms with E-state index < -0.39 is 65.4 Å². The van der Waals surface area contributed by atoms with Gasteiger partial charge in [-0.25, -0.2) is 19.2 Å². The molecule has 0 aliphatic heterocycles. The maximum absolute atomic E-state index is 14.0. The predicted molar refractivity (Wildman–Crippen MR) is 294 cm³/mol. The fourth-order valence-corrected chi connectivity index (χ4v) is 9.40. The van der Waals surface area contributed by atoms with Crippen LogP contribution in [0.3, 0.4) is 0 Å². The fraction of sp³-hybridized carbons (Fsp3) is 0.655. The van der Waals surface area contributed by atoms with Crippen molar-refractivity contribution in [2.75, 3.05) is 26.2 Å². The van der Waals surface area contributed by atoms with Gasteiger partial charge in [-0.1, -0.05) is 68.0 Å². The van der Waals surface area contributed by atoms with Gasteiger partial charge in [0.15, 0.2) is 0 Å². The number of hydrogen-bond acceptors (Lipinski definition) is 13. The molecule has 6 amide bonds. The van der Waals surface area contributed by atoms with Crippen LogP contribution in [0.15, 0.2) is 55.1 Å². The first-order valence-electron chi connectivity index (χ1n) is 27.9.